The smallest absolute Gasteiger partial charge is 0.311 e. The zero-order chi connectivity index (χ0) is 20.8. The highest BCUT2D eigenvalue weighted by molar-refractivity contribution is 5.84. The van der Waals surface area contributed by atoms with Gasteiger partial charge in [0, 0.05) is 0 Å². The fourth-order valence-electron chi connectivity index (χ4n) is 4.35. The van der Waals surface area contributed by atoms with Gasteiger partial charge in [-0.15, -0.1) is 0 Å². The number of hydrogen-bond donors (Lipinski definition) is 4. The highest BCUT2D eigenvalue weighted by Crippen LogP contribution is 2.40. The lowest BCUT2D eigenvalue weighted by molar-refractivity contribution is -0.161. The van der Waals surface area contributed by atoms with Crippen molar-refractivity contribution in [2.75, 3.05) is 0 Å². The van der Waals surface area contributed by atoms with Crippen LogP contribution in [0, 0.1) is 35.5 Å². The number of rotatable bonds is 5. The Bertz CT molecular complexity index is 680. The summed E-state index contributed by atoms with van der Waals surface area (Å²) in [6, 6.07) is 0. The Labute approximate surface area is 162 Å². The summed E-state index contributed by atoms with van der Waals surface area (Å²) in [4.78, 5) is 47.1. The van der Waals surface area contributed by atoms with Gasteiger partial charge in [0.25, 0.3) is 0 Å². The summed E-state index contributed by atoms with van der Waals surface area (Å²) in [5.41, 5.74) is 0. The highest BCUT2D eigenvalue weighted by atomic mass is 16.4. The first-order valence-corrected chi connectivity index (χ1v) is 9.50. The molecule has 8 heteroatoms. The van der Waals surface area contributed by atoms with Gasteiger partial charge in [0.15, 0.2) is 0 Å². The SMILES string of the molecule is O=C(O)C1/C=C\C(C2/C=C\CCCCC2)C(C(=O)O)C(C(=O)O)CC1C(=O)O. The van der Waals surface area contributed by atoms with Gasteiger partial charge < -0.3 is 20.4 Å². The lowest BCUT2D eigenvalue weighted by Gasteiger charge is -2.35. The maximum Gasteiger partial charge on any atom is 0.311 e. The van der Waals surface area contributed by atoms with Crippen molar-refractivity contribution in [1.29, 1.82) is 0 Å². The predicted molar refractivity (Wildman–Crippen MR) is 97.5 cm³/mol. The minimum absolute atomic E-state index is 0.240. The third-order valence-electron chi connectivity index (χ3n) is 5.82. The van der Waals surface area contributed by atoms with Crippen molar-refractivity contribution < 1.29 is 39.6 Å². The van der Waals surface area contributed by atoms with Crippen LogP contribution in [-0.4, -0.2) is 44.3 Å². The first-order chi connectivity index (χ1) is 13.2. The zero-order valence-corrected chi connectivity index (χ0v) is 15.4. The molecule has 0 radical (unpaired) electrons. The molecule has 28 heavy (non-hydrogen) atoms. The van der Waals surface area contributed by atoms with Crippen LogP contribution in [0.2, 0.25) is 0 Å². The van der Waals surface area contributed by atoms with Crippen molar-refractivity contribution in [2.24, 2.45) is 35.5 Å². The minimum Gasteiger partial charge on any atom is -0.481 e. The largest absolute Gasteiger partial charge is 0.481 e. The zero-order valence-electron chi connectivity index (χ0n) is 15.4. The van der Waals surface area contributed by atoms with Crippen LogP contribution in [0.3, 0.4) is 0 Å². The third-order valence-corrected chi connectivity index (χ3v) is 5.82. The molecule has 0 aromatic rings. The molecule has 154 valence electrons. The van der Waals surface area contributed by atoms with Crippen molar-refractivity contribution in [2.45, 2.75) is 38.5 Å². The van der Waals surface area contributed by atoms with Gasteiger partial charge in [-0.1, -0.05) is 37.1 Å². The Morgan fingerprint density at radius 2 is 1.39 bits per heavy atom. The maximum absolute atomic E-state index is 12.0. The van der Waals surface area contributed by atoms with E-state index in [9.17, 15) is 39.6 Å². The van der Waals surface area contributed by atoms with Crippen molar-refractivity contribution in [1.82, 2.24) is 0 Å². The maximum atomic E-state index is 12.0. The highest BCUT2D eigenvalue weighted by Gasteiger charge is 2.47. The molecule has 0 bridgehead atoms. The van der Waals surface area contributed by atoms with Crippen LogP contribution in [0.15, 0.2) is 24.3 Å². The lowest BCUT2D eigenvalue weighted by atomic mass is 9.67. The van der Waals surface area contributed by atoms with Crippen LogP contribution in [0.25, 0.3) is 0 Å². The van der Waals surface area contributed by atoms with Gasteiger partial charge >= 0.3 is 23.9 Å². The molecule has 8 nitrogen and oxygen atoms in total. The number of carboxylic acids is 4. The molecule has 4 N–H and O–H groups in total. The molecule has 0 fully saturated rings. The first kappa shape index (κ1) is 21.7. The number of carboxylic acid groups (broad SMARTS) is 4. The van der Waals surface area contributed by atoms with Gasteiger partial charge in [-0.25, -0.2) is 0 Å². The van der Waals surface area contributed by atoms with E-state index >= 15 is 0 Å². The summed E-state index contributed by atoms with van der Waals surface area (Å²) < 4.78 is 0. The molecule has 0 aromatic carbocycles. The number of allylic oxidation sites excluding steroid dienone is 3. The van der Waals surface area contributed by atoms with Crippen LogP contribution >= 0.6 is 0 Å². The molecule has 6 atom stereocenters. The van der Waals surface area contributed by atoms with E-state index in [0.717, 1.165) is 25.7 Å². The second-order valence-electron chi connectivity index (χ2n) is 7.55. The van der Waals surface area contributed by atoms with Crippen molar-refractivity contribution in [3.63, 3.8) is 0 Å². The summed E-state index contributed by atoms with van der Waals surface area (Å²) in [5, 5.41) is 38.4. The van der Waals surface area contributed by atoms with Gasteiger partial charge in [0.1, 0.15) is 0 Å². The molecule has 0 amide bonds. The average molecular weight is 394 g/mol. The molecule has 0 aliphatic heterocycles. The summed E-state index contributed by atoms with van der Waals surface area (Å²) in [6.07, 6.45) is 10.4. The summed E-state index contributed by atoms with van der Waals surface area (Å²) >= 11 is 0. The first-order valence-electron chi connectivity index (χ1n) is 9.50. The molecule has 0 spiro atoms. The summed E-state index contributed by atoms with van der Waals surface area (Å²) in [6.45, 7) is 0. The second-order valence-corrected chi connectivity index (χ2v) is 7.55. The minimum atomic E-state index is -1.51. The van der Waals surface area contributed by atoms with Gasteiger partial charge in [-0.3, -0.25) is 19.2 Å². The molecule has 2 rings (SSSR count). The number of aliphatic carboxylic acids is 4. The van der Waals surface area contributed by atoms with E-state index in [0.29, 0.717) is 6.42 Å². The lowest BCUT2D eigenvalue weighted by Crippen LogP contribution is -2.43. The molecule has 0 heterocycles. The molecule has 0 aromatic heterocycles. The van der Waals surface area contributed by atoms with Gasteiger partial charge in [-0.05, 0) is 37.5 Å². The number of carbonyl (C=O) groups is 4. The Balaban J connectivity index is 2.55. The predicted octanol–water partition coefficient (Wildman–Crippen LogP) is 2.50. The van der Waals surface area contributed by atoms with E-state index in [2.05, 4.69) is 0 Å². The fourth-order valence-corrected chi connectivity index (χ4v) is 4.35. The van der Waals surface area contributed by atoms with Gasteiger partial charge in [-0.2, -0.15) is 0 Å². The van der Waals surface area contributed by atoms with Gasteiger partial charge in [0.2, 0.25) is 0 Å². The quantitative estimate of drug-likeness (QED) is 0.520. The molecule has 0 saturated heterocycles. The Morgan fingerprint density at radius 1 is 0.714 bits per heavy atom. The molecule has 0 saturated carbocycles. The average Bonchev–Trinajstić information content (AvgIpc) is 2.54. The van der Waals surface area contributed by atoms with E-state index in [1.165, 1.54) is 12.2 Å². The van der Waals surface area contributed by atoms with Crippen molar-refractivity contribution in [3.8, 4) is 0 Å². The molecular weight excluding hydrogens is 368 g/mol. The monoisotopic (exact) mass is 394 g/mol. The summed E-state index contributed by atoms with van der Waals surface area (Å²) in [7, 11) is 0. The molecular formula is C20H26O8. The van der Waals surface area contributed by atoms with Crippen LogP contribution in [0.5, 0.6) is 0 Å². The Kier molecular flexibility index (Phi) is 7.37. The second kappa shape index (κ2) is 9.52. The van der Waals surface area contributed by atoms with Crippen LogP contribution in [-0.2, 0) is 19.2 Å². The summed E-state index contributed by atoms with van der Waals surface area (Å²) in [5.74, 6) is -12.2. The van der Waals surface area contributed by atoms with E-state index in [-0.39, 0.29) is 5.92 Å². The third kappa shape index (κ3) is 4.99. The van der Waals surface area contributed by atoms with E-state index in [4.69, 9.17) is 0 Å². The standard InChI is InChI=1S/C20H26O8/c21-17(22)13-9-8-12(11-6-4-2-1-3-5-7-11)16(20(27)28)15(19(25)26)10-14(13)18(23)24/h4,6,8-9,11-16H,1-3,5,7,10H2,(H,21,22)(H,23,24)(H,25,26)(H,27,28)/b6-4-,9-8-. The van der Waals surface area contributed by atoms with E-state index in [1.807, 2.05) is 12.2 Å². The van der Waals surface area contributed by atoms with Crippen LogP contribution < -0.4 is 0 Å². The fraction of sp³-hybridized carbons (Fsp3) is 0.600. The van der Waals surface area contributed by atoms with Crippen molar-refractivity contribution >= 4 is 23.9 Å². The van der Waals surface area contributed by atoms with Gasteiger partial charge in [0.05, 0.1) is 23.7 Å². The van der Waals surface area contributed by atoms with E-state index in [1.54, 1.807) is 0 Å². The normalized spacial score (nSPS) is 36.0. The molecule has 6 unspecified atom stereocenters. The van der Waals surface area contributed by atoms with Crippen molar-refractivity contribution in [3.05, 3.63) is 24.3 Å². The molecule has 2 aliphatic carbocycles. The Hall–Kier alpha value is -2.64. The van der Waals surface area contributed by atoms with Crippen LogP contribution in [0.1, 0.15) is 38.5 Å². The van der Waals surface area contributed by atoms with E-state index < -0.39 is 59.9 Å². The molecule has 2 aliphatic rings. The number of hydrogen-bond acceptors (Lipinski definition) is 4. The Morgan fingerprint density at radius 3 is 1.96 bits per heavy atom. The topological polar surface area (TPSA) is 149 Å². The van der Waals surface area contributed by atoms with Crippen LogP contribution in [0.4, 0.5) is 0 Å².